The molecule has 6 unspecified atom stereocenters. The van der Waals surface area contributed by atoms with Crippen LogP contribution in [0.4, 0.5) is 21.2 Å². The summed E-state index contributed by atoms with van der Waals surface area (Å²) < 4.78 is 17.4. The third-order valence-electron chi connectivity index (χ3n) is 12.6. The van der Waals surface area contributed by atoms with E-state index in [4.69, 9.17) is 19.9 Å². The second kappa shape index (κ2) is 18.4. The molecule has 3 saturated heterocycles. The zero-order valence-corrected chi connectivity index (χ0v) is 35.9. The summed E-state index contributed by atoms with van der Waals surface area (Å²) in [7, 11) is 1.45. The number of amides is 5. The van der Waals surface area contributed by atoms with Crippen LogP contribution in [-0.4, -0.2) is 114 Å². The highest BCUT2D eigenvalue weighted by Gasteiger charge is 2.76. The first-order chi connectivity index (χ1) is 32.1. The zero-order chi connectivity index (χ0) is 46.0. The normalized spacial score (nSPS) is 23.3. The van der Waals surface area contributed by atoms with E-state index in [1.165, 1.54) is 19.2 Å². The standard InChI is InChI=1S/C49H46N8O9/c1-64-28-29-65-48(63)56-37-20-15-31(10-8-21-51-46(50)62)30-36(37)49(45(56)61)38(43(59)54-24-26-55(27-25-54)47-52-22-9-23-53-47)40-44(60)66-41(33-13-6-3-7-14-33)39(32-11-4-2-5-12-32)57(40)42(49)34-16-18-35(58)19-17-34/h2-7,9,11-20,22-23,30,38-42,58H,21,24-29H2,1H3,(H3,50,51,62). The predicted molar refractivity (Wildman–Crippen MR) is 239 cm³/mol. The molecule has 5 aromatic rings. The molecule has 4 aliphatic rings. The number of esters is 1. The highest BCUT2D eigenvalue weighted by molar-refractivity contribution is 6.23. The number of hydrogen-bond donors (Lipinski definition) is 3. The van der Waals surface area contributed by atoms with Crippen LogP contribution < -0.4 is 20.9 Å². The van der Waals surface area contributed by atoms with Gasteiger partial charge in [0, 0.05) is 51.2 Å². The molecule has 4 aliphatic heterocycles. The number of nitrogens with one attached hydrogen (secondary N) is 1. The first-order valence-corrected chi connectivity index (χ1v) is 21.5. The number of phenols is 1. The van der Waals surface area contributed by atoms with E-state index in [1.807, 2.05) is 70.5 Å². The fourth-order valence-corrected chi connectivity index (χ4v) is 9.93. The minimum absolute atomic E-state index is 0.0399. The third-order valence-corrected chi connectivity index (χ3v) is 12.6. The van der Waals surface area contributed by atoms with Gasteiger partial charge in [0.05, 0.1) is 36.8 Å². The van der Waals surface area contributed by atoms with Crippen molar-refractivity contribution in [1.82, 2.24) is 25.1 Å². The van der Waals surface area contributed by atoms with Crippen LogP contribution in [0, 0.1) is 17.8 Å². The minimum atomic E-state index is -2.06. The van der Waals surface area contributed by atoms with Gasteiger partial charge in [-0.25, -0.2) is 24.5 Å². The fourth-order valence-electron chi connectivity index (χ4n) is 9.93. The van der Waals surface area contributed by atoms with Crippen molar-refractivity contribution in [2.75, 3.05) is 62.8 Å². The number of hydrogen-bond acceptors (Lipinski definition) is 13. The minimum Gasteiger partial charge on any atom is -0.508 e. The first kappa shape index (κ1) is 43.4. The number of phenolic OH excluding ortho intramolecular Hbond substituents is 1. The quantitative estimate of drug-likeness (QED) is 0.109. The van der Waals surface area contributed by atoms with Crippen molar-refractivity contribution < 1.29 is 43.3 Å². The number of piperazine rings is 1. The van der Waals surface area contributed by atoms with Crippen molar-refractivity contribution >= 4 is 41.5 Å². The number of cyclic esters (lactones) is 1. The second-order valence-corrected chi connectivity index (χ2v) is 16.2. The Bertz CT molecular complexity index is 2690. The lowest BCUT2D eigenvalue weighted by molar-refractivity contribution is -0.179. The van der Waals surface area contributed by atoms with E-state index in [0.29, 0.717) is 35.7 Å². The van der Waals surface area contributed by atoms with E-state index in [9.17, 15) is 14.7 Å². The molecule has 0 bridgehead atoms. The summed E-state index contributed by atoms with van der Waals surface area (Å²) in [4.78, 5) is 88.9. The molecule has 3 fully saturated rings. The van der Waals surface area contributed by atoms with Crippen molar-refractivity contribution in [2.45, 2.75) is 29.6 Å². The van der Waals surface area contributed by atoms with Crippen LogP contribution in [0.5, 0.6) is 5.75 Å². The number of anilines is 2. The zero-order valence-electron chi connectivity index (χ0n) is 35.9. The number of methoxy groups -OCH3 is 1. The number of nitrogens with two attached hydrogens (primary N) is 1. The molecule has 17 heteroatoms. The molecule has 1 spiro atoms. The second-order valence-electron chi connectivity index (χ2n) is 16.2. The van der Waals surface area contributed by atoms with E-state index in [-0.39, 0.29) is 49.8 Å². The molecule has 0 aliphatic carbocycles. The van der Waals surface area contributed by atoms with Gasteiger partial charge in [-0.05, 0) is 58.7 Å². The first-order valence-electron chi connectivity index (χ1n) is 21.5. The van der Waals surface area contributed by atoms with Crippen molar-refractivity contribution in [1.29, 1.82) is 0 Å². The summed E-state index contributed by atoms with van der Waals surface area (Å²) in [6.45, 7) is 0.830. The van der Waals surface area contributed by atoms with Gasteiger partial charge >= 0.3 is 18.1 Å². The van der Waals surface area contributed by atoms with Crippen LogP contribution in [-0.2, 0) is 34.0 Å². The molecule has 1 aromatic heterocycles. The molecule has 0 radical (unpaired) electrons. The van der Waals surface area contributed by atoms with Gasteiger partial charge in [-0.2, -0.15) is 0 Å². The SMILES string of the molecule is COCCOC(=O)N1C(=O)C2(c3cc(C#CCNC(N)=O)ccc31)C(C(=O)N1CCN(c3ncccn3)CC1)C1C(=O)OC(c3ccccc3)C(c3ccccc3)N1C2c1ccc(O)cc1. The van der Waals surface area contributed by atoms with Gasteiger partial charge in [0.2, 0.25) is 17.8 Å². The van der Waals surface area contributed by atoms with E-state index in [0.717, 1.165) is 10.5 Å². The highest BCUT2D eigenvalue weighted by Crippen LogP contribution is 2.66. The molecular weight excluding hydrogens is 845 g/mol. The average Bonchev–Trinajstić information content (AvgIpc) is 3.80. The Morgan fingerprint density at radius 1 is 0.848 bits per heavy atom. The monoisotopic (exact) mass is 890 g/mol. The number of fused-ring (bicyclic) bond motifs is 3. The Kier molecular flexibility index (Phi) is 12.1. The summed E-state index contributed by atoms with van der Waals surface area (Å²) in [6, 6.07) is 27.4. The molecular formula is C49H46N8O9. The Balaban J connectivity index is 1.31. The van der Waals surface area contributed by atoms with Gasteiger partial charge in [-0.15, -0.1) is 0 Å². The molecule has 9 rings (SSSR count). The van der Waals surface area contributed by atoms with Gasteiger partial charge in [0.1, 0.15) is 29.9 Å². The molecule has 66 heavy (non-hydrogen) atoms. The van der Waals surface area contributed by atoms with Crippen LogP contribution in [0.2, 0.25) is 0 Å². The highest BCUT2D eigenvalue weighted by atomic mass is 16.6. The van der Waals surface area contributed by atoms with Gasteiger partial charge in [0.15, 0.2) is 0 Å². The van der Waals surface area contributed by atoms with E-state index >= 15 is 14.4 Å². The Hall–Kier alpha value is -7.81. The molecule has 4 N–H and O–H groups in total. The number of imide groups is 1. The van der Waals surface area contributed by atoms with Crippen molar-refractivity contribution in [3.63, 3.8) is 0 Å². The Morgan fingerprint density at radius 2 is 1.53 bits per heavy atom. The number of rotatable bonds is 9. The summed E-state index contributed by atoms with van der Waals surface area (Å²) in [6.07, 6.45) is 1.34. The summed E-state index contributed by atoms with van der Waals surface area (Å²) in [5.74, 6) is 2.76. The number of ether oxygens (including phenoxy) is 3. The molecule has 5 amide bonds. The van der Waals surface area contributed by atoms with Crippen LogP contribution in [0.1, 0.15) is 46.0 Å². The lowest BCUT2D eigenvalue weighted by Crippen LogP contribution is -2.59. The molecule has 0 saturated carbocycles. The smallest absolute Gasteiger partial charge is 0.421 e. The van der Waals surface area contributed by atoms with Crippen LogP contribution >= 0.6 is 0 Å². The van der Waals surface area contributed by atoms with Gasteiger partial charge in [-0.3, -0.25) is 19.3 Å². The number of carbonyl (C=O) groups is 5. The largest absolute Gasteiger partial charge is 0.508 e. The number of aromatic nitrogens is 2. The van der Waals surface area contributed by atoms with Gasteiger partial charge < -0.3 is 40.2 Å². The fraction of sp³-hybridized carbons (Fsp3) is 0.286. The lowest BCUT2D eigenvalue weighted by Gasteiger charge is -2.46. The predicted octanol–water partition coefficient (Wildman–Crippen LogP) is 4.00. The number of nitrogens with zero attached hydrogens (tertiary/aromatic N) is 6. The Labute approximate surface area is 380 Å². The molecule has 17 nitrogen and oxygen atoms in total. The number of aromatic hydroxyl groups is 1. The maximum atomic E-state index is 16.3. The number of carbonyl (C=O) groups excluding carboxylic acids is 5. The van der Waals surface area contributed by atoms with Crippen molar-refractivity contribution in [3.8, 4) is 17.6 Å². The van der Waals surface area contributed by atoms with Gasteiger partial charge in [0.25, 0.3) is 0 Å². The van der Waals surface area contributed by atoms with E-state index in [2.05, 4.69) is 27.1 Å². The molecule has 6 atom stereocenters. The Morgan fingerprint density at radius 3 is 2.20 bits per heavy atom. The lowest BCUT2D eigenvalue weighted by atomic mass is 9.65. The summed E-state index contributed by atoms with van der Waals surface area (Å²) in [5, 5.41) is 13.2. The maximum absolute atomic E-state index is 16.3. The van der Waals surface area contributed by atoms with Gasteiger partial charge in [-0.1, -0.05) is 84.6 Å². The maximum Gasteiger partial charge on any atom is 0.421 e. The van der Waals surface area contributed by atoms with Crippen LogP contribution in [0.25, 0.3) is 0 Å². The third kappa shape index (κ3) is 7.69. The summed E-state index contributed by atoms with van der Waals surface area (Å²) >= 11 is 0. The van der Waals surface area contributed by atoms with Crippen molar-refractivity contribution in [3.05, 3.63) is 149 Å². The number of morpholine rings is 1. The average molecular weight is 891 g/mol. The number of benzene rings is 4. The van der Waals surface area contributed by atoms with E-state index in [1.54, 1.807) is 53.7 Å². The van der Waals surface area contributed by atoms with Crippen molar-refractivity contribution in [2.24, 2.45) is 11.7 Å². The van der Waals surface area contributed by atoms with E-state index < -0.39 is 65.5 Å². The summed E-state index contributed by atoms with van der Waals surface area (Å²) in [5.41, 5.74) is 5.86. The molecule has 5 heterocycles. The number of urea groups is 1. The topological polar surface area (TPSA) is 210 Å². The molecule has 336 valence electrons. The molecule has 4 aromatic carbocycles. The van der Waals surface area contributed by atoms with Crippen LogP contribution in [0.15, 0.2) is 122 Å². The van der Waals surface area contributed by atoms with Crippen LogP contribution in [0.3, 0.4) is 0 Å². The number of primary amides is 1.